The van der Waals surface area contributed by atoms with Crippen LogP contribution in [0.15, 0.2) is 71.1 Å². The molecule has 0 aliphatic rings. The van der Waals surface area contributed by atoms with Gasteiger partial charge in [-0.25, -0.2) is 4.98 Å². The molecule has 27 heavy (non-hydrogen) atoms. The summed E-state index contributed by atoms with van der Waals surface area (Å²) in [5.41, 5.74) is 0.957. The second-order valence-electron chi connectivity index (χ2n) is 5.61. The highest BCUT2D eigenvalue weighted by Gasteiger charge is 2.17. The Kier molecular flexibility index (Phi) is 5.93. The van der Waals surface area contributed by atoms with Crippen molar-refractivity contribution in [2.75, 3.05) is 19.4 Å². The molecule has 0 saturated carbocycles. The van der Waals surface area contributed by atoms with Crippen LogP contribution in [0.2, 0.25) is 0 Å². The molecule has 7 heteroatoms. The third kappa shape index (κ3) is 4.03. The van der Waals surface area contributed by atoms with Crippen LogP contribution in [0.1, 0.15) is 0 Å². The Morgan fingerprint density at radius 2 is 2.00 bits per heavy atom. The number of methoxy groups -OCH3 is 1. The van der Waals surface area contributed by atoms with Crippen LogP contribution in [-0.2, 0) is 4.79 Å². The van der Waals surface area contributed by atoms with Gasteiger partial charge in [-0.1, -0.05) is 42.1 Å². The summed E-state index contributed by atoms with van der Waals surface area (Å²) in [7, 11) is 1.55. The van der Waals surface area contributed by atoms with Gasteiger partial charge in [-0.05, 0) is 24.3 Å². The van der Waals surface area contributed by atoms with Crippen molar-refractivity contribution in [3.63, 3.8) is 0 Å². The lowest BCUT2D eigenvalue weighted by Gasteiger charge is -2.15. The van der Waals surface area contributed by atoms with Crippen molar-refractivity contribution in [3.05, 3.63) is 71.5 Å². The Morgan fingerprint density at radius 1 is 1.26 bits per heavy atom. The van der Waals surface area contributed by atoms with E-state index in [1.165, 1.54) is 16.3 Å². The van der Waals surface area contributed by atoms with Crippen LogP contribution in [0.4, 0.5) is 0 Å². The van der Waals surface area contributed by atoms with Crippen LogP contribution in [0.25, 0.3) is 16.6 Å². The third-order valence-electron chi connectivity index (χ3n) is 3.85. The lowest BCUT2D eigenvalue weighted by atomic mass is 10.2. The number of thioether (sulfide) groups is 1. The molecule has 0 fully saturated rings. The van der Waals surface area contributed by atoms with E-state index in [-0.39, 0.29) is 17.2 Å². The number of carbonyl (C=O) groups excluding carboxylic acids is 1. The molecule has 3 aromatic rings. The fourth-order valence-electron chi connectivity index (χ4n) is 2.60. The summed E-state index contributed by atoms with van der Waals surface area (Å²) in [6.45, 7) is 3.97. The molecule has 0 saturated heterocycles. The molecule has 0 radical (unpaired) electrons. The van der Waals surface area contributed by atoms with E-state index in [1.807, 2.05) is 18.2 Å². The zero-order chi connectivity index (χ0) is 19.2. The van der Waals surface area contributed by atoms with E-state index >= 15 is 0 Å². The highest BCUT2D eigenvalue weighted by Crippen LogP contribution is 2.26. The first kappa shape index (κ1) is 18.7. The van der Waals surface area contributed by atoms with Gasteiger partial charge in [0.2, 0.25) is 5.91 Å². The molecule has 0 spiro atoms. The first-order chi connectivity index (χ1) is 13.2. The predicted molar refractivity (Wildman–Crippen MR) is 108 cm³/mol. The quantitative estimate of drug-likeness (QED) is 0.387. The smallest absolute Gasteiger partial charge is 0.266 e. The molecule has 6 nitrogen and oxygen atoms in total. The minimum atomic E-state index is -0.209. The summed E-state index contributed by atoms with van der Waals surface area (Å²) in [6, 6.07) is 14.4. The van der Waals surface area contributed by atoms with Gasteiger partial charge in [0.25, 0.3) is 5.56 Å². The van der Waals surface area contributed by atoms with E-state index in [4.69, 9.17) is 4.74 Å². The topological polar surface area (TPSA) is 73.2 Å². The Labute approximate surface area is 160 Å². The first-order valence-electron chi connectivity index (χ1n) is 8.31. The largest absolute Gasteiger partial charge is 0.495 e. The first-order valence-corrected chi connectivity index (χ1v) is 9.30. The highest BCUT2D eigenvalue weighted by atomic mass is 32.2. The van der Waals surface area contributed by atoms with Gasteiger partial charge in [-0.3, -0.25) is 14.2 Å². The second-order valence-corrected chi connectivity index (χ2v) is 6.55. The van der Waals surface area contributed by atoms with Crippen LogP contribution in [0, 0.1) is 0 Å². The highest BCUT2D eigenvalue weighted by molar-refractivity contribution is 7.99. The number of hydrogen-bond donors (Lipinski definition) is 1. The van der Waals surface area contributed by atoms with Gasteiger partial charge in [0, 0.05) is 6.54 Å². The average Bonchev–Trinajstić information content (AvgIpc) is 2.71. The molecule has 0 aliphatic carbocycles. The minimum Gasteiger partial charge on any atom is -0.495 e. The normalized spacial score (nSPS) is 10.6. The number of fused-ring (bicyclic) bond motifs is 1. The molecule has 3 rings (SSSR count). The number of aromatic nitrogens is 2. The van der Waals surface area contributed by atoms with E-state index in [2.05, 4.69) is 16.9 Å². The zero-order valence-electron chi connectivity index (χ0n) is 14.8. The van der Waals surface area contributed by atoms with Gasteiger partial charge in [0.1, 0.15) is 5.75 Å². The molecule has 138 valence electrons. The number of para-hydroxylation sites is 3. The van der Waals surface area contributed by atoms with Gasteiger partial charge in [-0.2, -0.15) is 0 Å². The van der Waals surface area contributed by atoms with Crippen LogP contribution < -0.4 is 15.6 Å². The van der Waals surface area contributed by atoms with Crippen molar-refractivity contribution in [1.29, 1.82) is 0 Å². The average molecular weight is 381 g/mol. The third-order valence-corrected chi connectivity index (χ3v) is 4.79. The fourth-order valence-corrected chi connectivity index (χ4v) is 3.44. The van der Waals surface area contributed by atoms with Crippen molar-refractivity contribution in [2.45, 2.75) is 5.16 Å². The summed E-state index contributed by atoms with van der Waals surface area (Å²) < 4.78 is 6.91. The molecule has 0 bridgehead atoms. The van der Waals surface area contributed by atoms with E-state index in [0.717, 1.165) is 0 Å². The molecule has 1 N–H and O–H groups in total. The van der Waals surface area contributed by atoms with Crippen molar-refractivity contribution in [2.24, 2.45) is 0 Å². The summed E-state index contributed by atoms with van der Waals surface area (Å²) >= 11 is 1.20. The zero-order valence-corrected chi connectivity index (χ0v) is 15.7. The Hall–Kier alpha value is -3.06. The molecule has 1 heterocycles. The molecule has 0 atom stereocenters. The van der Waals surface area contributed by atoms with E-state index in [1.54, 1.807) is 43.5 Å². The van der Waals surface area contributed by atoms with Crippen molar-refractivity contribution in [3.8, 4) is 11.4 Å². The Bertz CT molecular complexity index is 1050. The van der Waals surface area contributed by atoms with Crippen LogP contribution in [0.5, 0.6) is 5.75 Å². The lowest BCUT2D eigenvalue weighted by Crippen LogP contribution is -2.26. The molecular weight excluding hydrogens is 362 g/mol. The summed E-state index contributed by atoms with van der Waals surface area (Å²) in [5, 5.41) is 3.65. The van der Waals surface area contributed by atoms with Crippen LogP contribution in [-0.4, -0.2) is 34.9 Å². The maximum atomic E-state index is 13.2. The maximum Gasteiger partial charge on any atom is 0.266 e. The monoisotopic (exact) mass is 381 g/mol. The van der Waals surface area contributed by atoms with Crippen LogP contribution >= 0.6 is 11.8 Å². The summed E-state index contributed by atoms with van der Waals surface area (Å²) in [4.78, 5) is 29.8. The number of hydrogen-bond acceptors (Lipinski definition) is 5. The number of carbonyl (C=O) groups is 1. The number of ether oxygens (including phenoxy) is 1. The van der Waals surface area contributed by atoms with Gasteiger partial charge < -0.3 is 10.1 Å². The molecule has 1 aromatic heterocycles. The fraction of sp³-hybridized carbons (Fsp3) is 0.150. The van der Waals surface area contributed by atoms with Crippen molar-refractivity contribution < 1.29 is 9.53 Å². The number of benzene rings is 2. The standard InChI is InChI=1S/C20H19N3O3S/c1-3-12-21-18(24)13-27-20-22-15-9-5-4-8-14(15)19(25)23(20)16-10-6-7-11-17(16)26-2/h3-11H,1,12-13H2,2H3,(H,21,24). The van der Waals surface area contributed by atoms with Gasteiger partial charge >= 0.3 is 0 Å². The van der Waals surface area contributed by atoms with E-state index in [9.17, 15) is 9.59 Å². The second kappa shape index (κ2) is 8.55. The van der Waals surface area contributed by atoms with Crippen LogP contribution in [0.3, 0.4) is 0 Å². The molecular formula is C20H19N3O3S. The SMILES string of the molecule is C=CCNC(=O)CSc1nc2ccccc2c(=O)n1-c1ccccc1OC. The summed E-state index contributed by atoms with van der Waals surface area (Å²) in [5.74, 6) is 0.525. The van der Waals surface area contributed by atoms with E-state index < -0.39 is 0 Å². The molecule has 0 aliphatic heterocycles. The molecule has 1 amide bonds. The van der Waals surface area contributed by atoms with E-state index in [0.29, 0.717) is 34.0 Å². The molecule has 0 unspecified atom stereocenters. The molecule has 2 aromatic carbocycles. The van der Waals surface area contributed by atoms with Gasteiger partial charge in [0.15, 0.2) is 5.16 Å². The minimum absolute atomic E-state index is 0.133. The Balaban J connectivity index is 2.12. The number of rotatable bonds is 7. The number of nitrogens with zero attached hydrogens (tertiary/aromatic N) is 2. The number of nitrogens with one attached hydrogen (secondary N) is 1. The lowest BCUT2D eigenvalue weighted by molar-refractivity contribution is -0.118. The predicted octanol–water partition coefficient (Wildman–Crippen LogP) is 2.79. The Morgan fingerprint density at radius 3 is 2.78 bits per heavy atom. The van der Waals surface area contributed by atoms with Crippen molar-refractivity contribution >= 4 is 28.6 Å². The summed E-state index contributed by atoms with van der Waals surface area (Å²) in [6.07, 6.45) is 1.61. The van der Waals surface area contributed by atoms with Gasteiger partial charge in [-0.15, -0.1) is 6.58 Å². The maximum absolute atomic E-state index is 13.2. The van der Waals surface area contributed by atoms with Crippen molar-refractivity contribution in [1.82, 2.24) is 14.9 Å². The van der Waals surface area contributed by atoms with Gasteiger partial charge in [0.05, 0.1) is 29.5 Å². The number of amides is 1.